The largest absolute Gasteiger partial charge is 0.489 e. The molecule has 2 N–H and O–H groups in total. The van der Waals surface area contributed by atoms with Crippen molar-refractivity contribution in [3.05, 3.63) is 115 Å². The van der Waals surface area contributed by atoms with Crippen LogP contribution in [0.15, 0.2) is 81.7 Å². The fourth-order valence-corrected chi connectivity index (χ4v) is 6.69. The topological polar surface area (TPSA) is 79.3 Å². The third-order valence-corrected chi connectivity index (χ3v) is 8.71. The standard InChI is InChI=1S/C34H33BrClN3O2/c1-19-11-22(18-41-30-10-9-24(36)13-20(30)2)21(3)26(12-19)31-27(17-37)33(38)39(25-8-6-7-23(35)14-25)28-15-34(4,5)16-29(40)32(28)31/h6-14,31H,15-16,18,38H2,1-5H3. The van der Waals surface area contributed by atoms with Crippen LogP contribution in [0, 0.1) is 37.5 Å². The van der Waals surface area contributed by atoms with Crippen LogP contribution in [-0.4, -0.2) is 5.78 Å². The molecular weight excluding hydrogens is 598 g/mol. The first kappa shape index (κ1) is 29.0. The first-order valence-corrected chi connectivity index (χ1v) is 14.8. The van der Waals surface area contributed by atoms with E-state index < -0.39 is 5.92 Å². The molecule has 0 saturated heterocycles. The van der Waals surface area contributed by atoms with E-state index in [1.807, 2.05) is 68.1 Å². The Morgan fingerprint density at radius 2 is 1.88 bits per heavy atom. The molecule has 0 fully saturated rings. The maximum atomic E-state index is 14.0. The molecule has 1 unspecified atom stereocenters. The molecule has 210 valence electrons. The van der Waals surface area contributed by atoms with Gasteiger partial charge in [0.1, 0.15) is 18.2 Å². The summed E-state index contributed by atoms with van der Waals surface area (Å²) in [6, 6.07) is 19.9. The number of aryl methyl sites for hydroxylation is 2. The van der Waals surface area contributed by atoms with Gasteiger partial charge in [-0.2, -0.15) is 5.26 Å². The Morgan fingerprint density at radius 1 is 1.12 bits per heavy atom. The number of Topliss-reactive ketones (excluding diaryl/α,β-unsaturated/α-hetero) is 1. The molecule has 1 aliphatic carbocycles. The number of carbonyl (C=O) groups excluding carboxylic acids is 1. The van der Waals surface area contributed by atoms with E-state index >= 15 is 0 Å². The number of rotatable bonds is 5. The van der Waals surface area contributed by atoms with Gasteiger partial charge >= 0.3 is 0 Å². The van der Waals surface area contributed by atoms with Crippen molar-refractivity contribution in [3.8, 4) is 11.8 Å². The van der Waals surface area contributed by atoms with Gasteiger partial charge < -0.3 is 10.5 Å². The lowest BCUT2D eigenvalue weighted by molar-refractivity contribution is -0.118. The Bertz CT molecular complexity index is 1680. The van der Waals surface area contributed by atoms with Gasteiger partial charge in [0.2, 0.25) is 0 Å². The second kappa shape index (κ2) is 11.0. The molecular formula is C34H33BrClN3O2. The van der Waals surface area contributed by atoms with Crippen molar-refractivity contribution in [2.24, 2.45) is 11.1 Å². The van der Waals surface area contributed by atoms with Gasteiger partial charge in [-0.1, -0.05) is 65.1 Å². The minimum atomic E-state index is -0.557. The highest BCUT2D eigenvalue weighted by atomic mass is 79.9. The lowest BCUT2D eigenvalue weighted by Gasteiger charge is -2.44. The Balaban J connectivity index is 1.67. The van der Waals surface area contributed by atoms with Gasteiger partial charge in [-0.15, -0.1) is 0 Å². The molecule has 0 radical (unpaired) electrons. The molecule has 0 bridgehead atoms. The molecule has 0 aromatic heterocycles. The van der Waals surface area contributed by atoms with Crippen molar-refractivity contribution < 1.29 is 9.53 Å². The van der Waals surface area contributed by atoms with Gasteiger partial charge in [0.25, 0.3) is 0 Å². The van der Waals surface area contributed by atoms with Gasteiger partial charge in [0.05, 0.1) is 17.6 Å². The molecule has 0 amide bonds. The first-order valence-electron chi connectivity index (χ1n) is 13.6. The van der Waals surface area contributed by atoms with Crippen LogP contribution in [-0.2, 0) is 11.4 Å². The molecule has 0 spiro atoms. The molecule has 1 aliphatic heterocycles. The van der Waals surface area contributed by atoms with Crippen molar-refractivity contribution in [1.82, 2.24) is 0 Å². The smallest absolute Gasteiger partial charge is 0.162 e. The number of anilines is 1. The Hall–Kier alpha value is -3.53. The molecule has 3 aromatic carbocycles. The Labute approximate surface area is 255 Å². The lowest BCUT2D eigenvalue weighted by Crippen LogP contribution is -2.42. The molecule has 2 aliphatic rings. The minimum Gasteiger partial charge on any atom is -0.489 e. The summed E-state index contributed by atoms with van der Waals surface area (Å²) in [5.41, 5.74) is 14.2. The summed E-state index contributed by atoms with van der Waals surface area (Å²) >= 11 is 9.70. The zero-order chi connectivity index (χ0) is 29.6. The monoisotopic (exact) mass is 629 g/mol. The highest BCUT2D eigenvalue weighted by Gasteiger charge is 2.45. The third-order valence-electron chi connectivity index (χ3n) is 7.98. The summed E-state index contributed by atoms with van der Waals surface area (Å²) in [4.78, 5) is 15.9. The number of ether oxygens (including phenoxy) is 1. The van der Waals surface area contributed by atoms with E-state index in [0.717, 1.165) is 49.4 Å². The van der Waals surface area contributed by atoms with E-state index in [4.69, 9.17) is 22.1 Å². The third kappa shape index (κ3) is 5.54. The molecule has 7 heteroatoms. The number of nitrogens with zero attached hydrogens (tertiary/aromatic N) is 2. The van der Waals surface area contributed by atoms with Crippen molar-refractivity contribution in [2.45, 2.75) is 60.0 Å². The van der Waals surface area contributed by atoms with Crippen molar-refractivity contribution in [2.75, 3.05) is 4.90 Å². The Morgan fingerprint density at radius 3 is 2.56 bits per heavy atom. The van der Waals surface area contributed by atoms with Gasteiger partial charge in [0.15, 0.2) is 5.78 Å². The number of hydrogen-bond donors (Lipinski definition) is 1. The minimum absolute atomic E-state index is 0.0528. The maximum absolute atomic E-state index is 14.0. The van der Waals surface area contributed by atoms with Crippen LogP contribution in [0.1, 0.15) is 60.4 Å². The molecule has 5 nitrogen and oxygen atoms in total. The van der Waals surface area contributed by atoms with Gasteiger partial charge in [-0.3, -0.25) is 9.69 Å². The molecule has 1 heterocycles. The van der Waals surface area contributed by atoms with Crippen LogP contribution < -0.4 is 15.4 Å². The van der Waals surface area contributed by atoms with E-state index in [-0.39, 0.29) is 11.2 Å². The lowest BCUT2D eigenvalue weighted by atomic mass is 9.68. The van der Waals surface area contributed by atoms with Crippen LogP contribution >= 0.6 is 27.5 Å². The number of hydrogen-bond acceptors (Lipinski definition) is 5. The van der Waals surface area contributed by atoms with Crippen LogP contribution in [0.3, 0.4) is 0 Å². The summed E-state index contributed by atoms with van der Waals surface area (Å²) in [5, 5.41) is 11.2. The highest BCUT2D eigenvalue weighted by Crippen LogP contribution is 2.51. The summed E-state index contributed by atoms with van der Waals surface area (Å²) in [6.45, 7) is 10.6. The Kier molecular flexibility index (Phi) is 7.80. The first-order chi connectivity index (χ1) is 19.4. The van der Waals surface area contributed by atoms with Crippen LogP contribution in [0.25, 0.3) is 0 Å². The zero-order valence-electron chi connectivity index (χ0n) is 23.9. The quantitative estimate of drug-likeness (QED) is 0.306. The summed E-state index contributed by atoms with van der Waals surface area (Å²) in [7, 11) is 0. The zero-order valence-corrected chi connectivity index (χ0v) is 26.3. The average Bonchev–Trinajstić information content (AvgIpc) is 2.88. The van der Waals surface area contributed by atoms with Crippen molar-refractivity contribution >= 4 is 39.0 Å². The maximum Gasteiger partial charge on any atom is 0.162 e. The fourth-order valence-electron chi connectivity index (χ4n) is 6.07. The van der Waals surface area contributed by atoms with E-state index in [0.29, 0.717) is 41.4 Å². The predicted octanol–water partition coefficient (Wildman–Crippen LogP) is 8.55. The van der Waals surface area contributed by atoms with Crippen LogP contribution in [0.2, 0.25) is 5.02 Å². The molecule has 1 atom stereocenters. The summed E-state index contributed by atoms with van der Waals surface area (Å²) in [5.74, 6) is 0.612. The molecule has 0 saturated carbocycles. The predicted molar refractivity (Wildman–Crippen MR) is 168 cm³/mol. The number of halogens is 2. The van der Waals surface area contributed by atoms with Crippen molar-refractivity contribution in [3.63, 3.8) is 0 Å². The summed E-state index contributed by atoms with van der Waals surface area (Å²) < 4.78 is 7.11. The van der Waals surface area contributed by atoms with Crippen LogP contribution in [0.5, 0.6) is 5.75 Å². The molecule has 41 heavy (non-hydrogen) atoms. The molecule has 5 rings (SSSR count). The fraction of sp³-hybridized carbons (Fsp3) is 0.294. The second-order valence-electron chi connectivity index (χ2n) is 11.8. The SMILES string of the molecule is Cc1cc(COc2ccc(Cl)cc2C)c(C)c(C2C(C#N)=C(N)N(c3cccc(Br)c3)C3=C2C(=O)CC(C)(C)C3)c1. The van der Waals surface area contributed by atoms with Crippen molar-refractivity contribution in [1.29, 1.82) is 5.26 Å². The van der Waals surface area contributed by atoms with Crippen LogP contribution in [0.4, 0.5) is 5.69 Å². The number of nitrogens with two attached hydrogens (primary N) is 1. The van der Waals surface area contributed by atoms with E-state index in [1.54, 1.807) is 0 Å². The van der Waals surface area contributed by atoms with Gasteiger partial charge in [-0.05, 0) is 91.3 Å². The highest BCUT2D eigenvalue weighted by molar-refractivity contribution is 9.10. The van der Waals surface area contributed by atoms with Gasteiger partial charge in [-0.25, -0.2) is 0 Å². The number of allylic oxidation sites excluding steroid dienone is 3. The van der Waals surface area contributed by atoms with E-state index in [9.17, 15) is 10.1 Å². The normalized spacial score (nSPS) is 18.3. The summed E-state index contributed by atoms with van der Waals surface area (Å²) in [6.07, 6.45) is 1.07. The molecule has 3 aromatic rings. The number of nitriles is 1. The average molecular weight is 631 g/mol. The number of benzene rings is 3. The van der Waals surface area contributed by atoms with E-state index in [1.165, 1.54) is 0 Å². The van der Waals surface area contributed by atoms with E-state index in [2.05, 4.69) is 48.0 Å². The number of ketones is 1. The number of carbonyl (C=O) groups is 1. The second-order valence-corrected chi connectivity index (χ2v) is 13.1. The van der Waals surface area contributed by atoms with Gasteiger partial charge in [0, 0.05) is 32.9 Å².